The topological polar surface area (TPSA) is 57.6 Å². The Morgan fingerprint density at radius 2 is 1.90 bits per heavy atom. The summed E-state index contributed by atoms with van der Waals surface area (Å²) in [5.41, 5.74) is 3.63. The average molecular weight is 410 g/mol. The molecule has 0 saturated carbocycles. The molecule has 1 saturated heterocycles. The fourth-order valence-corrected chi connectivity index (χ4v) is 4.47. The van der Waals surface area contributed by atoms with Crippen molar-refractivity contribution in [1.29, 1.82) is 0 Å². The molecule has 1 aliphatic carbocycles. The molecule has 1 amide bonds. The first-order chi connectivity index (χ1) is 13.6. The van der Waals surface area contributed by atoms with Crippen molar-refractivity contribution in [3.8, 4) is 0 Å². The standard InChI is InChI=1S/C24H25NO3.H2S/c26-17-22(27)20-9-8-19-10-11-24(16-21(19)15-20)12-14-25(23(24)28)13-4-7-18-5-2-1-3-6-18;/h1-9,15,26H,10-14,16-17H2;1H2/b7-4+;/t24-;/m1./s1. The van der Waals surface area contributed by atoms with Crippen LogP contribution in [0.15, 0.2) is 54.6 Å². The number of rotatable bonds is 5. The molecule has 0 radical (unpaired) electrons. The Balaban J connectivity index is 0.00000240. The number of aryl methyl sites for hydroxylation is 1. The summed E-state index contributed by atoms with van der Waals surface area (Å²) in [6.07, 6.45) is 7.39. The lowest BCUT2D eigenvalue weighted by Gasteiger charge is -2.33. The molecule has 1 aliphatic heterocycles. The number of carbonyl (C=O) groups is 2. The highest BCUT2D eigenvalue weighted by atomic mass is 32.1. The molecular weight excluding hydrogens is 382 g/mol. The SMILES string of the molecule is O=C(CO)c1ccc2c(c1)C[C@@]1(CC2)CCN(C/C=C/c2ccccc2)C1=O.S. The van der Waals surface area contributed by atoms with Gasteiger partial charge in [0.2, 0.25) is 5.91 Å². The van der Waals surface area contributed by atoms with E-state index in [1.807, 2.05) is 47.4 Å². The third-order valence-corrected chi connectivity index (χ3v) is 6.11. The Morgan fingerprint density at radius 1 is 1.10 bits per heavy atom. The fourth-order valence-electron chi connectivity index (χ4n) is 4.47. The minimum atomic E-state index is -0.482. The molecule has 152 valence electrons. The first-order valence-electron chi connectivity index (χ1n) is 9.88. The van der Waals surface area contributed by atoms with Gasteiger partial charge in [0.25, 0.3) is 0 Å². The molecule has 1 fully saturated rings. The second-order valence-corrected chi connectivity index (χ2v) is 7.84. The number of ketones is 1. The van der Waals surface area contributed by atoms with E-state index in [2.05, 4.69) is 12.2 Å². The maximum Gasteiger partial charge on any atom is 0.229 e. The Bertz CT molecular complexity index is 925. The van der Waals surface area contributed by atoms with Crippen molar-refractivity contribution < 1.29 is 14.7 Å². The van der Waals surface area contributed by atoms with Crippen molar-refractivity contribution in [3.05, 3.63) is 76.9 Å². The summed E-state index contributed by atoms with van der Waals surface area (Å²) in [6, 6.07) is 15.7. The maximum absolute atomic E-state index is 13.2. The highest BCUT2D eigenvalue weighted by molar-refractivity contribution is 7.59. The summed E-state index contributed by atoms with van der Waals surface area (Å²) in [7, 11) is 0. The molecule has 2 aromatic rings. The average Bonchev–Trinajstić information content (AvgIpc) is 3.03. The smallest absolute Gasteiger partial charge is 0.229 e. The van der Waals surface area contributed by atoms with E-state index < -0.39 is 6.61 Å². The number of hydrogen-bond acceptors (Lipinski definition) is 3. The highest BCUT2D eigenvalue weighted by Gasteiger charge is 2.47. The molecule has 5 heteroatoms. The third kappa shape index (κ3) is 4.31. The summed E-state index contributed by atoms with van der Waals surface area (Å²) in [5, 5.41) is 9.12. The molecule has 2 aliphatic rings. The molecule has 1 atom stereocenters. The van der Waals surface area contributed by atoms with E-state index in [1.165, 1.54) is 5.56 Å². The number of nitrogens with zero attached hydrogens (tertiary/aromatic N) is 1. The van der Waals surface area contributed by atoms with Crippen LogP contribution in [0.3, 0.4) is 0 Å². The number of carbonyl (C=O) groups excluding carboxylic acids is 2. The van der Waals surface area contributed by atoms with Crippen LogP contribution in [-0.2, 0) is 17.6 Å². The zero-order valence-electron chi connectivity index (χ0n) is 16.4. The van der Waals surface area contributed by atoms with Gasteiger partial charge in [0, 0.05) is 18.7 Å². The highest BCUT2D eigenvalue weighted by Crippen LogP contribution is 2.43. The lowest BCUT2D eigenvalue weighted by atomic mass is 9.70. The van der Waals surface area contributed by atoms with E-state index in [1.54, 1.807) is 6.07 Å². The van der Waals surface area contributed by atoms with Gasteiger partial charge in [-0.15, -0.1) is 0 Å². The minimum absolute atomic E-state index is 0. The lowest BCUT2D eigenvalue weighted by molar-refractivity contribution is -0.136. The van der Waals surface area contributed by atoms with Gasteiger partial charge >= 0.3 is 0 Å². The summed E-state index contributed by atoms with van der Waals surface area (Å²) < 4.78 is 0. The molecular formula is C24H27NO3S. The number of likely N-dealkylation sites (tertiary alicyclic amines) is 1. The lowest BCUT2D eigenvalue weighted by Crippen LogP contribution is -2.38. The van der Waals surface area contributed by atoms with E-state index in [9.17, 15) is 9.59 Å². The molecule has 4 rings (SSSR count). The fraction of sp³-hybridized carbons (Fsp3) is 0.333. The Labute approximate surface area is 178 Å². The van der Waals surface area contributed by atoms with E-state index in [0.29, 0.717) is 18.5 Å². The van der Waals surface area contributed by atoms with Crippen LogP contribution in [-0.4, -0.2) is 41.4 Å². The molecule has 2 aromatic carbocycles. The van der Waals surface area contributed by atoms with E-state index >= 15 is 0 Å². The number of aliphatic hydroxyl groups is 1. The van der Waals surface area contributed by atoms with Gasteiger partial charge in [0.05, 0.1) is 5.41 Å². The summed E-state index contributed by atoms with van der Waals surface area (Å²) in [5.74, 6) is -0.0393. The molecule has 0 unspecified atom stereocenters. The van der Waals surface area contributed by atoms with Crippen LogP contribution in [0.2, 0.25) is 0 Å². The summed E-state index contributed by atoms with van der Waals surface area (Å²) in [4.78, 5) is 27.0. The van der Waals surface area contributed by atoms with Gasteiger partial charge < -0.3 is 10.0 Å². The summed E-state index contributed by atoms with van der Waals surface area (Å²) in [6.45, 7) is 0.929. The monoisotopic (exact) mass is 409 g/mol. The number of benzene rings is 2. The van der Waals surface area contributed by atoms with Crippen LogP contribution in [0, 0.1) is 5.41 Å². The van der Waals surface area contributed by atoms with Crippen molar-refractivity contribution in [2.24, 2.45) is 5.41 Å². The molecule has 1 spiro atoms. The largest absolute Gasteiger partial charge is 0.388 e. The molecule has 0 bridgehead atoms. The number of aliphatic hydroxyl groups excluding tert-OH is 1. The number of fused-ring (bicyclic) bond motifs is 1. The van der Waals surface area contributed by atoms with Gasteiger partial charge in [-0.1, -0.05) is 54.6 Å². The zero-order valence-corrected chi connectivity index (χ0v) is 17.4. The van der Waals surface area contributed by atoms with Crippen molar-refractivity contribution >= 4 is 31.3 Å². The molecule has 1 N–H and O–H groups in total. The van der Waals surface area contributed by atoms with Crippen molar-refractivity contribution in [2.75, 3.05) is 19.7 Å². The predicted octanol–water partition coefficient (Wildman–Crippen LogP) is 3.40. The van der Waals surface area contributed by atoms with Crippen molar-refractivity contribution in [1.82, 2.24) is 4.90 Å². The number of Topliss-reactive ketones (excluding diaryl/α,β-unsaturated/α-hetero) is 1. The predicted molar refractivity (Wildman–Crippen MR) is 119 cm³/mol. The third-order valence-electron chi connectivity index (χ3n) is 6.11. The second-order valence-electron chi connectivity index (χ2n) is 7.84. The quantitative estimate of drug-likeness (QED) is 0.770. The number of hydrogen-bond donors (Lipinski definition) is 1. The van der Waals surface area contributed by atoms with Crippen LogP contribution in [0.1, 0.15) is 39.9 Å². The van der Waals surface area contributed by atoms with Gasteiger partial charge in [-0.05, 0) is 48.4 Å². The Morgan fingerprint density at radius 3 is 2.66 bits per heavy atom. The van der Waals surface area contributed by atoms with Gasteiger partial charge in [-0.2, -0.15) is 13.5 Å². The maximum atomic E-state index is 13.2. The van der Waals surface area contributed by atoms with Crippen LogP contribution in [0.5, 0.6) is 0 Å². The van der Waals surface area contributed by atoms with E-state index in [-0.39, 0.29) is 30.6 Å². The van der Waals surface area contributed by atoms with Gasteiger partial charge in [0.15, 0.2) is 5.78 Å². The van der Waals surface area contributed by atoms with Gasteiger partial charge in [0.1, 0.15) is 6.61 Å². The van der Waals surface area contributed by atoms with Crippen molar-refractivity contribution in [2.45, 2.75) is 25.7 Å². The Hall–Kier alpha value is -2.37. The van der Waals surface area contributed by atoms with E-state index in [0.717, 1.165) is 36.9 Å². The number of amides is 1. The first-order valence-corrected chi connectivity index (χ1v) is 9.88. The Kier molecular flexibility index (Phi) is 6.60. The van der Waals surface area contributed by atoms with Crippen LogP contribution in [0.4, 0.5) is 0 Å². The minimum Gasteiger partial charge on any atom is -0.388 e. The molecule has 4 nitrogen and oxygen atoms in total. The molecule has 0 aromatic heterocycles. The van der Waals surface area contributed by atoms with Crippen molar-refractivity contribution in [3.63, 3.8) is 0 Å². The first kappa shape index (κ1) is 21.3. The van der Waals surface area contributed by atoms with Crippen LogP contribution >= 0.6 is 13.5 Å². The zero-order chi connectivity index (χ0) is 19.6. The summed E-state index contributed by atoms with van der Waals surface area (Å²) >= 11 is 0. The van der Waals surface area contributed by atoms with Crippen LogP contribution < -0.4 is 0 Å². The van der Waals surface area contributed by atoms with Gasteiger partial charge in [-0.25, -0.2) is 0 Å². The van der Waals surface area contributed by atoms with E-state index in [4.69, 9.17) is 5.11 Å². The normalized spacial score (nSPS) is 20.7. The molecule has 29 heavy (non-hydrogen) atoms. The molecule has 1 heterocycles. The van der Waals surface area contributed by atoms with Crippen LogP contribution in [0.25, 0.3) is 6.08 Å². The second kappa shape index (κ2) is 8.97. The van der Waals surface area contributed by atoms with Gasteiger partial charge in [-0.3, -0.25) is 9.59 Å².